The van der Waals surface area contributed by atoms with E-state index in [1.54, 1.807) is 6.20 Å². The molecule has 1 unspecified atom stereocenters. The highest BCUT2D eigenvalue weighted by atomic mass is 15.7. The lowest BCUT2D eigenvalue weighted by Crippen LogP contribution is -2.38. The number of anilines is 2. The molecule has 4 N–H and O–H groups in total. The van der Waals surface area contributed by atoms with Gasteiger partial charge in [-0.1, -0.05) is 51.1 Å². The normalized spacial score (nSPS) is 16.0. The Labute approximate surface area is 211 Å². The van der Waals surface area contributed by atoms with Gasteiger partial charge in [0.05, 0.1) is 34.1 Å². The van der Waals surface area contributed by atoms with Crippen molar-refractivity contribution < 1.29 is 0 Å². The maximum absolute atomic E-state index is 9.96. The number of nitriles is 2. The predicted octanol–water partition coefficient (Wildman–Crippen LogP) is 4.92. The number of aromatic nitrogens is 1. The number of rotatable bonds is 7. The van der Waals surface area contributed by atoms with Crippen molar-refractivity contribution in [1.29, 1.82) is 10.5 Å². The van der Waals surface area contributed by atoms with Crippen molar-refractivity contribution in [2.45, 2.75) is 45.7 Å². The van der Waals surface area contributed by atoms with Crippen LogP contribution in [0, 0.1) is 28.1 Å². The van der Waals surface area contributed by atoms with Crippen LogP contribution in [-0.4, -0.2) is 22.6 Å². The monoisotopic (exact) mass is 478 g/mol. The van der Waals surface area contributed by atoms with Gasteiger partial charge < -0.3 is 16.1 Å². The largest absolute Gasteiger partial charge is 0.383 e. The Morgan fingerprint density at radius 2 is 1.86 bits per heavy atom. The molecule has 5 rings (SSSR count). The van der Waals surface area contributed by atoms with Gasteiger partial charge in [-0.25, -0.2) is 0 Å². The second kappa shape index (κ2) is 9.41. The van der Waals surface area contributed by atoms with E-state index >= 15 is 0 Å². The van der Waals surface area contributed by atoms with Gasteiger partial charge in [0.15, 0.2) is 0 Å². The third-order valence-corrected chi connectivity index (χ3v) is 6.31. The number of hydrazine groups is 2. The first-order valence-electron chi connectivity index (χ1n) is 12.2. The van der Waals surface area contributed by atoms with E-state index in [2.05, 4.69) is 82.8 Å². The topological polar surface area (TPSA) is 112 Å². The standard InChI is InChI=1S/C28H30N8/c1-28(2,3)17-32-26-20(14-30)15-31-25-19(13-29)11-21(12-23(25)26)33-27(18-7-5-4-6-8-18)24-16-36(35-34-24)22-9-10-22/h4-8,11-12,15-16,22,27,33-35H,9-10,17H2,1-3H3,(H,31,32). The van der Waals surface area contributed by atoms with Crippen molar-refractivity contribution in [2.24, 2.45) is 5.41 Å². The molecule has 1 aromatic heterocycles. The maximum Gasteiger partial charge on any atom is 0.103 e. The summed E-state index contributed by atoms with van der Waals surface area (Å²) in [6.07, 6.45) is 6.01. The SMILES string of the molecule is CC(C)(C)CNc1c(C#N)cnc2c(C#N)cc(NC(C3=CN(C4CC4)NN3)c3ccccc3)cc12. The lowest BCUT2D eigenvalue weighted by atomic mass is 9.96. The third-order valence-electron chi connectivity index (χ3n) is 6.31. The summed E-state index contributed by atoms with van der Waals surface area (Å²) in [5.74, 6) is 0. The maximum atomic E-state index is 9.96. The van der Waals surface area contributed by atoms with Gasteiger partial charge in [0.25, 0.3) is 0 Å². The van der Waals surface area contributed by atoms with Crippen LogP contribution >= 0.6 is 0 Å². The fourth-order valence-electron chi connectivity index (χ4n) is 4.29. The van der Waals surface area contributed by atoms with Gasteiger partial charge in [0.2, 0.25) is 0 Å². The van der Waals surface area contributed by atoms with Crippen LogP contribution in [0.15, 0.2) is 60.6 Å². The summed E-state index contributed by atoms with van der Waals surface area (Å²) in [6.45, 7) is 7.07. The first-order chi connectivity index (χ1) is 17.4. The van der Waals surface area contributed by atoms with E-state index in [1.807, 2.05) is 30.3 Å². The minimum Gasteiger partial charge on any atom is -0.383 e. The van der Waals surface area contributed by atoms with Crippen molar-refractivity contribution >= 4 is 22.3 Å². The van der Waals surface area contributed by atoms with Crippen LogP contribution in [0.4, 0.5) is 11.4 Å². The summed E-state index contributed by atoms with van der Waals surface area (Å²) in [6, 6.07) is 18.9. The van der Waals surface area contributed by atoms with Crippen LogP contribution < -0.4 is 21.6 Å². The average Bonchev–Trinajstić information content (AvgIpc) is 3.62. The van der Waals surface area contributed by atoms with Crippen LogP contribution in [0.1, 0.15) is 56.3 Å². The fraction of sp³-hybridized carbons (Fsp3) is 0.321. The Morgan fingerprint density at radius 1 is 1.11 bits per heavy atom. The Morgan fingerprint density at radius 3 is 2.53 bits per heavy atom. The van der Waals surface area contributed by atoms with Crippen LogP contribution in [0.3, 0.4) is 0 Å². The van der Waals surface area contributed by atoms with E-state index in [-0.39, 0.29) is 11.5 Å². The number of fused-ring (bicyclic) bond motifs is 1. The number of nitrogens with one attached hydrogen (secondary N) is 4. The molecule has 1 aliphatic carbocycles. The molecule has 1 fully saturated rings. The molecular formula is C28H30N8. The van der Waals surface area contributed by atoms with Crippen molar-refractivity contribution in [2.75, 3.05) is 17.2 Å². The molecule has 182 valence electrons. The molecule has 0 spiro atoms. The summed E-state index contributed by atoms with van der Waals surface area (Å²) in [5, 5.41) is 29.7. The van der Waals surface area contributed by atoms with E-state index in [0.29, 0.717) is 34.9 Å². The third kappa shape index (κ3) is 4.91. The van der Waals surface area contributed by atoms with Gasteiger partial charge in [0.1, 0.15) is 12.1 Å². The van der Waals surface area contributed by atoms with Crippen molar-refractivity contribution in [3.8, 4) is 12.1 Å². The van der Waals surface area contributed by atoms with E-state index < -0.39 is 0 Å². The molecule has 1 aliphatic heterocycles. The molecule has 8 nitrogen and oxygen atoms in total. The van der Waals surface area contributed by atoms with Gasteiger partial charge in [-0.15, -0.1) is 5.53 Å². The molecule has 1 saturated carbocycles. The van der Waals surface area contributed by atoms with Crippen LogP contribution in [-0.2, 0) is 0 Å². The lowest BCUT2D eigenvalue weighted by Gasteiger charge is -2.23. The first-order valence-corrected chi connectivity index (χ1v) is 12.2. The summed E-state index contributed by atoms with van der Waals surface area (Å²) in [7, 11) is 0. The summed E-state index contributed by atoms with van der Waals surface area (Å²) in [5.41, 5.74) is 11.6. The van der Waals surface area contributed by atoms with Gasteiger partial charge in [-0.05, 0) is 36.0 Å². The number of hydrogen-bond acceptors (Lipinski definition) is 8. The highest BCUT2D eigenvalue weighted by Gasteiger charge is 2.32. The molecule has 2 aliphatic rings. The summed E-state index contributed by atoms with van der Waals surface area (Å²) >= 11 is 0. The van der Waals surface area contributed by atoms with E-state index in [4.69, 9.17) is 0 Å². The molecule has 1 atom stereocenters. The second-order valence-corrected chi connectivity index (χ2v) is 10.6. The lowest BCUT2D eigenvalue weighted by molar-refractivity contribution is 0.260. The minimum atomic E-state index is -0.176. The minimum absolute atomic E-state index is 0.00961. The summed E-state index contributed by atoms with van der Waals surface area (Å²) < 4.78 is 0. The molecule has 0 bridgehead atoms. The van der Waals surface area contributed by atoms with Gasteiger partial charge in [-0.2, -0.15) is 10.5 Å². The zero-order valence-electron chi connectivity index (χ0n) is 20.8. The Kier molecular flexibility index (Phi) is 6.13. The van der Waals surface area contributed by atoms with Crippen molar-refractivity contribution in [3.63, 3.8) is 0 Å². The van der Waals surface area contributed by atoms with E-state index in [0.717, 1.165) is 22.3 Å². The van der Waals surface area contributed by atoms with Crippen LogP contribution in [0.5, 0.6) is 0 Å². The summed E-state index contributed by atoms with van der Waals surface area (Å²) in [4.78, 5) is 4.47. The number of nitrogens with zero attached hydrogens (tertiary/aromatic N) is 4. The highest BCUT2D eigenvalue weighted by molar-refractivity contribution is 5.99. The molecule has 3 aromatic rings. The Bertz CT molecular complexity index is 1390. The quantitative estimate of drug-likeness (QED) is 0.379. The Balaban J connectivity index is 1.58. The highest BCUT2D eigenvalue weighted by Crippen LogP contribution is 2.35. The first kappa shape index (κ1) is 23.5. The Hall–Kier alpha value is -4.27. The van der Waals surface area contributed by atoms with E-state index in [9.17, 15) is 10.5 Å². The predicted molar refractivity (Wildman–Crippen MR) is 141 cm³/mol. The van der Waals surface area contributed by atoms with E-state index in [1.165, 1.54) is 12.8 Å². The number of benzene rings is 2. The fourth-order valence-corrected chi connectivity index (χ4v) is 4.29. The number of hydrogen-bond donors (Lipinski definition) is 4. The molecule has 36 heavy (non-hydrogen) atoms. The van der Waals surface area contributed by atoms with Gasteiger partial charge in [-0.3, -0.25) is 9.99 Å². The zero-order chi connectivity index (χ0) is 25.3. The smallest absolute Gasteiger partial charge is 0.103 e. The second-order valence-electron chi connectivity index (χ2n) is 10.6. The molecule has 2 heterocycles. The number of pyridine rings is 1. The zero-order valence-corrected chi connectivity index (χ0v) is 20.8. The van der Waals surface area contributed by atoms with Gasteiger partial charge >= 0.3 is 0 Å². The van der Waals surface area contributed by atoms with Gasteiger partial charge in [0, 0.05) is 36.1 Å². The van der Waals surface area contributed by atoms with Crippen LogP contribution in [0.2, 0.25) is 0 Å². The molecular weight excluding hydrogens is 448 g/mol. The molecule has 2 aromatic carbocycles. The molecule has 8 heteroatoms. The molecule has 0 saturated heterocycles. The van der Waals surface area contributed by atoms with Crippen molar-refractivity contribution in [3.05, 3.63) is 77.2 Å². The van der Waals surface area contributed by atoms with Crippen molar-refractivity contribution in [1.82, 2.24) is 21.0 Å². The molecule has 0 radical (unpaired) electrons. The molecule has 0 amide bonds. The van der Waals surface area contributed by atoms with Crippen LogP contribution in [0.25, 0.3) is 10.9 Å². The average molecular weight is 479 g/mol.